The first-order valence-electron chi connectivity index (χ1n) is 4.80. The minimum atomic E-state index is -0.0179. The smallest absolute Gasteiger partial charge is 0.248 e. The number of ether oxygens (including phenoxy) is 3. The highest BCUT2D eigenvalue weighted by Gasteiger charge is 2.26. The van der Waals surface area contributed by atoms with E-state index in [1.165, 1.54) is 0 Å². The Morgan fingerprint density at radius 1 is 1.57 bits per heavy atom. The van der Waals surface area contributed by atoms with Gasteiger partial charge < -0.3 is 19.1 Å². The van der Waals surface area contributed by atoms with Gasteiger partial charge in [-0.3, -0.25) is 4.79 Å². The molecule has 0 spiro atoms. The van der Waals surface area contributed by atoms with Crippen molar-refractivity contribution in [2.45, 2.75) is 12.2 Å². The maximum Gasteiger partial charge on any atom is 0.248 e. The van der Waals surface area contributed by atoms with E-state index in [4.69, 9.17) is 14.2 Å². The number of hydrogen-bond donors (Lipinski definition) is 0. The molecular weight excluding hydrogens is 186 g/mol. The molecule has 0 aromatic carbocycles. The molecule has 80 valence electrons. The Labute approximate surface area is 82.9 Å². The number of likely N-dealkylation sites (N-methyl/N-ethyl adjacent to an activating group) is 1. The van der Waals surface area contributed by atoms with Crippen LogP contribution in [-0.2, 0) is 19.0 Å². The van der Waals surface area contributed by atoms with Crippen LogP contribution in [0.3, 0.4) is 0 Å². The quantitative estimate of drug-likeness (QED) is 0.564. The standard InChI is InChI=1S/C9H15NO4/c1-10-2-7(3-12-6-9(10)11)13-4-8-5-14-8/h7-8H,2-6H2,1H3. The van der Waals surface area contributed by atoms with Crippen LogP contribution >= 0.6 is 0 Å². The van der Waals surface area contributed by atoms with Gasteiger partial charge in [0.25, 0.3) is 0 Å². The van der Waals surface area contributed by atoms with Crippen molar-refractivity contribution in [3.8, 4) is 0 Å². The summed E-state index contributed by atoms with van der Waals surface area (Å²) in [6.07, 6.45) is 0.245. The molecule has 5 nitrogen and oxygen atoms in total. The first-order valence-corrected chi connectivity index (χ1v) is 4.80. The van der Waals surface area contributed by atoms with E-state index >= 15 is 0 Å². The molecule has 0 aromatic heterocycles. The van der Waals surface area contributed by atoms with Gasteiger partial charge >= 0.3 is 0 Å². The van der Waals surface area contributed by atoms with Crippen LogP contribution in [0.4, 0.5) is 0 Å². The van der Waals surface area contributed by atoms with Gasteiger partial charge in [0.1, 0.15) is 12.7 Å². The average Bonchev–Trinajstić information content (AvgIpc) is 2.95. The van der Waals surface area contributed by atoms with Crippen molar-refractivity contribution in [1.29, 1.82) is 0 Å². The Hall–Kier alpha value is -0.650. The molecule has 0 N–H and O–H groups in total. The lowest BCUT2D eigenvalue weighted by atomic mass is 10.3. The molecule has 5 heteroatoms. The van der Waals surface area contributed by atoms with Gasteiger partial charge in [0.15, 0.2) is 0 Å². The Morgan fingerprint density at radius 2 is 2.36 bits per heavy atom. The molecule has 0 aliphatic carbocycles. The van der Waals surface area contributed by atoms with Crippen LogP contribution in [0, 0.1) is 0 Å². The van der Waals surface area contributed by atoms with Crippen LogP contribution in [0.1, 0.15) is 0 Å². The molecule has 14 heavy (non-hydrogen) atoms. The second kappa shape index (κ2) is 4.25. The van der Waals surface area contributed by atoms with E-state index in [9.17, 15) is 4.79 Å². The van der Waals surface area contributed by atoms with Crippen molar-refractivity contribution in [1.82, 2.24) is 4.90 Å². The fourth-order valence-corrected chi connectivity index (χ4v) is 1.36. The monoisotopic (exact) mass is 201 g/mol. The number of epoxide rings is 1. The van der Waals surface area contributed by atoms with Crippen molar-refractivity contribution in [2.24, 2.45) is 0 Å². The van der Waals surface area contributed by atoms with Crippen LogP contribution in [0.15, 0.2) is 0 Å². The average molecular weight is 201 g/mol. The normalized spacial score (nSPS) is 32.9. The van der Waals surface area contributed by atoms with E-state index in [1.54, 1.807) is 11.9 Å². The first-order chi connectivity index (χ1) is 6.75. The van der Waals surface area contributed by atoms with Crippen molar-refractivity contribution >= 4 is 5.91 Å². The lowest BCUT2D eigenvalue weighted by molar-refractivity contribution is -0.132. The summed E-state index contributed by atoms with van der Waals surface area (Å²) in [5.41, 5.74) is 0. The third-order valence-corrected chi connectivity index (χ3v) is 2.35. The molecule has 2 heterocycles. The molecule has 0 aromatic rings. The number of hydrogen-bond acceptors (Lipinski definition) is 4. The summed E-state index contributed by atoms with van der Waals surface area (Å²) in [5.74, 6) is 0.0128. The van der Waals surface area contributed by atoms with Gasteiger partial charge in [0.05, 0.1) is 25.9 Å². The summed E-state index contributed by atoms with van der Waals surface area (Å²) in [6, 6.07) is 0. The van der Waals surface area contributed by atoms with E-state index in [1.807, 2.05) is 0 Å². The molecule has 2 fully saturated rings. The molecule has 2 unspecified atom stereocenters. The topological polar surface area (TPSA) is 51.3 Å². The molecule has 2 rings (SSSR count). The van der Waals surface area contributed by atoms with Gasteiger partial charge in [0, 0.05) is 13.6 Å². The van der Waals surface area contributed by atoms with Gasteiger partial charge in [-0.05, 0) is 0 Å². The summed E-state index contributed by atoms with van der Waals surface area (Å²) in [7, 11) is 1.76. The molecule has 0 bridgehead atoms. The zero-order valence-electron chi connectivity index (χ0n) is 8.27. The van der Waals surface area contributed by atoms with E-state index in [-0.39, 0.29) is 24.7 Å². The zero-order chi connectivity index (χ0) is 9.97. The maximum atomic E-state index is 11.2. The number of carbonyl (C=O) groups is 1. The van der Waals surface area contributed by atoms with Crippen LogP contribution in [0.2, 0.25) is 0 Å². The highest BCUT2D eigenvalue weighted by atomic mass is 16.6. The third-order valence-electron chi connectivity index (χ3n) is 2.35. The van der Waals surface area contributed by atoms with Crippen LogP contribution in [-0.4, -0.2) is 63.0 Å². The second-order valence-corrected chi connectivity index (χ2v) is 3.70. The van der Waals surface area contributed by atoms with Crippen LogP contribution in [0.5, 0.6) is 0 Å². The molecule has 2 atom stereocenters. The van der Waals surface area contributed by atoms with Crippen molar-refractivity contribution in [3.63, 3.8) is 0 Å². The molecule has 1 amide bonds. The van der Waals surface area contributed by atoms with Gasteiger partial charge in [-0.25, -0.2) is 0 Å². The number of carbonyl (C=O) groups excluding carboxylic acids is 1. The van der Waals surface area contributed by atoms with Gasteiger partial charge in [-0.1, -0.05) is 0 Å². The largest absolute Gasteiger partial charge is 0.371 e. The fourth-order valence-electron chi connectivity index (χ4n) is 1.36. The zero-order valence-corrected chi connectivity index (χ0v) is 8.27. The molecule has 2 aliphatic rings. The third kappa shape index (κ3) is 2.67. The first kappa shape index (κ1) is 9.89. The lowest BCUT2D eigenvalue weighted by Crippen LogP contribution is -2.35. The highest BCUT2D eigenvalue weighted by molar-refractivity contribution is 5.77. The van der Waals surface area contributed by atoms with Gasteiger partial charge in [-0.15, -0.1) is 0 Å². The van der Waals surface area contributed by atoms with Crippen molar-refractivity contribution in [2.75, 3.05) is 40.0 Å². The molecular formula is C9H15NO4. The maximum absolute atomic E-state index is 11.2. The van der Waals surface area contributed by atoms with E-state index < -0.39 is 0 Å². The summed E-state index contributed by atoms with van der Waals surface area (Å²) in [5, 5.41) is 0. The lowest BCUT2D eigenvalue weighted by Gasteiger charge is -2.19. The van der Waals surface area contributed by atoms with Crippen LogP contribution < -0.4 is 0 Å². The minimum absolute atomic E-state index is 0.0128. The van der Waals surface area contributed by atoms with Gasteiger partial charge in [0.2, 0.25) is 5.91 Å². The predicted octanol–water partition coefficient (Wildman–Crippen LogP) is -0.741. The van der Waals surface area contributed by atoms with E-state index in [2.05, 4.69) is 0 Å². The Morgan fingerprint density at radius 3 is 3.07 bits per heavy atom. The van der Waals surface area contributed by atoms with Gasteiger partial charge in [-0.2, -0.15) is 0 Å². The van der Waals surface area contributed by atoms with E-state index in [0.29, 0.717) is 19.8 Å². The number of rotatable bonds is 3. The fraction of sp³-hybridized carbons (Fsp3) is 0.889. The molecule has 0 saturated carbocycles. The summed E-state index contributed by atoms with van der Waals surface area (Å²) in [6.45, 7) is 2.66. The van der Waals surface area contributed by atoms with Crippen molar-refractivity contribution in [3.05, 3.63) is 0 Å². The predicted molar refractivity (Wildman–Crippen MR) is 47.9 cm³/mol. The molecule has 2 aliphatic heterocycles. The Kier molecular flexibility index (Phi) is 3.00. The molecule has 0 radical (unpaired) electrons. The molecule has 2 saturated heterocycles. The van der Waals surface area contributed by atoms with E-state index in [0.717, 1.165) is 6.61 Å². The number of nitrogens with zero attached hydrogens (tertiary/aromatic N) is 1. The Bertz CT molecular complexity index is 217. The second-order valence-electron chi connectivity index (χ2n) is 3.70. The Balaban J connectivity index is 1.76. The highest BCUT2D eigenvalue weighted by Crippen LogP contribution is 2.11. The SMILES string of the molecule is CN1CC(OCC2CO2)COCC1=O. The summed E-state index contributed by atoms with van der Waals surface area (Å²) in [4.78, 5) is 12.9. The summed E-state index contributed by atoms with van der Waals surface area (Å²) >= 11 is 0. The van der Waals surface area contributed by atoms with Crippen LogP contribution in [0.25, 0.3) is 0 Å². The van der Waals surface area contributed by atoms with Crippen molar-refractivity contribution < 1.29 is 19.0 Å². The minimum Gasteiger partial charge on any atom is -0.371 e. The summed E-state index contributed by atoms with van der Waals surface area (Å²) < 4.78 is 15.8. The number of amides is 1.